The molecule has 0 saturated heterocycles. The van der Waals surface area contributed by atoms with Crippen molar-refractivity contribution >= 4 is 5.78 Å². The van der Waals surface area contributed by atoms with Crippen LogP contribution in [0.1, 0.15) is 12.5 Å². The maximum absolute atomic E-state index is 12.9. The van der Waals surface area contributed by atoms with E-state index in [4.69, 9.17) is 5.11 Å². The first-order chi connectivity index (χ1) is 6.43. The zero-order valence-corrected chi connectivity index (χ0v) is 7.27. The third kappa shape index (κ3) is 1.86. The van der Waals surface area contributed by atoms with Gasteiger partial charge < -0.3 is 5.11 Å². The van der Waals surface area contributed by atoms with Crippen LogP contribution in [0.3, 0.4) is 0 Å². The Bertz CT molecular complexity index is 362. The van der Waals surface area contributed by atoms with Crippen LogP contribution in [0.15, 0.2) is 6.07 Å². The predicted molar refractivity (Wildman–Crippen MR) is 42.4 cm³/mol. The van der Waals surface area contributed by atoms with Crippen molar-refractivity contribution in [2.24, 2.45) is 0 Å². The molecule has 0 aliphatic rings. The van der Waals surface area contributed by atoms with Crippen LogP contribution in [-0.4, -0.2) is 10.9 Å². The number of carbonyl (C=O) groups excluding carboxylic acids is 1. The molecule has 0 atom stereocenters. The lowest BCUT2D eigenvalue weighted by molar-refractivity contribution is -0.116. The number of halogens is 3. The van der Waals surface area contributed by atoms with Crippen LogP contribution in [0, 0.1) is 17.5 Å². The summed E-state index contributed by atoms with van der Waals surface area (Å²) in [5.41, 5.74) is -0.644. The van der Waals surface area contributed by atoms with Crippen LogP contribution in [0.5, 0.6) is 5.75 Å². The van der Waals surface area contributed by atoms with Crippen LogP contribution in [0.25, 0.3) is 0 Å². The van der Waals surface area contributed by atoms with E-state index in [1.54, 1.807) is 0 Å². The summed E-state index contributed by atoms with van der Waals surface area (Å²) in [4.78, 5) is 10.6. The number of Topliss-reactive ketones (excluding diaryl/α,β-unsaturated/α-hetero) is 1. The normalized spacial score (nSPS) is 10.3. The summed E-state index contributed by atoms with van der Waals surface area (Å²) in [7, 11) is 0. The van der Waals surface area contributed by atoms with Gasteiger partial charge in [0.1, 0.15) is 5.78 Å². The van der Waals surface area contributed by atoms with E-state index in [1.807, 2.05) is 0 Å². The Labute approximate surface area is 78.0 Å². The van der Waals surface area contributed by atoms with Crippen LogP contribution in [0.4, 0.5) is 13.2 Å². The number of benzene rings is 1. The largest absolute Gasteiger partial charge is 0.505 e. The minimum absolute atomic E-state index is 0.230. The molecule has 14 heavy (non-hydrogen) atoms. The second kappa shape index (κ2) is 3.69. The van der Waals surface area contributed by atoms with E-state index in [0.29, 0.717) is 0 Å². The Morgan fingerprint density at radius 1 is 1.36 bits per heavy atom. The van der Waals surface area contributed by atoms with Crippen molar-refractivity contribution in [3.05, 3.63) is 29.1 Å². The third-order valence-electron chi connectivity index (χ3n) is 1.67. The van der Waals surface area contributed by atoms with E-state index in [0.717, 1.165) is 6.92 Å². The van der Waals surface area contributed by atoms with Gasteiger partial charge in [-0.05, 0) is 6.92 Å². The van der Waals surface area contributed by atoms with E-state index in [2.05, 4.69) is 0 Å². The molecule has 0 aromatic heterocycles. The molecular weight excluding hydrogens is 197 g/mol. The van der Waals surface area contributed by atoms with Crippen molar-refractivity contribution in [1.82, 2.24) is 0 Å². The molecule has 0 bridgehead atoms. The molecule has 0 amide bonds. The lowest BCUT2D eigenvalue weighted by Crippen LogP contribution is -2.03. The summed E-state index contributed by atoms with van der Waals surface area (Å²) >= 11 is 0. The first-order valence-corrected chi connectivity index (χ1v) is 3.78. The summed E-state index contributed by atoms with van der Waals surface area (Å²) in [6.07, 6.45) is -0.535. The molecular formula is C9H7F3O2. The van der Waals surface area contributed by atoms with Crippen LogP contribution < -0.4 is 0 Å². The fourth-order valence-electron chi connectivity index (χ4n) is 1.05. The highest BCUT2D eigenvalue weighted by Crippen LogP contribution is 2.26. The molecule has 76 valence electrons. The quantitative estimate of drug-likeness (QED) is 0.747. The smallest absolute Gasteiger partial charge is 0.168 e. The predicted octanol–water partition coefficient (Wildman–Crippen LogP) is 1.94. The monoisotopic (exact) mass is 204 g/mol. The number of aromatic hydroxyl groups is 1. The number of rotatable bonds is 2. The summed E-state index contributed by atoms with van der Waals surface area (Å²) in [6.45, 7) is 1.13. The Balaban J connectivity index is 3.31. The van der Waals surface area contributed by atoms with Crippen molar-refractivity contribution in [3.8, 4) is 5.75 Å². The highest BCUT2D eigenvalue weighted by atomic mass is 19.2. The number of hydrogen-bond donors (Lipinski definition) is 1. The second-order valence-electron chi connectivity index (χ2n) is 2.86. The Hall–Kier alpha value is -1.52. The van der Waals surface area contributed by atoms with E-state index in [-0.39, 0.29) is 6.07 Å². The second-order valence-corrected chi connectivity index (χ2v) is 2.86. The van der Waals surface area contributed by atoms with Crippen LogP contribution in [-0.2, 0) is 11.2 Å². The topological polar surface area (TPSA) is 37.3 Å². The van der Waals surface area contributed by atoms with Crippen LogP contribution in [0.2, 0.25) is 0 Å². The van der Waals surface area contributed by atoms with Gasteiger partial charge in [-0.2, -0.15) is 0 Å². The lowest BCUT2D eigenvalue weighted by atomic mass is 10.1. The Morgan fingerprint density at radius 2 is 1.93 bits per heavy atom. The van der Waals surface area contributed by atoms with Crippen molar-refractivity contribution in [3.63, 3.8) is 0 Å². The van der Waals surface area contributed by atoms with Gasteiger partial charge in [0.05, 0.1) is 0 Å². The molecule has 1 aromatic rings. The summed E-state index contributed by atoms with van der Waals surface area (Å²) < 4.78 is 38.3. The molecule has 0 radical (unpaired) electrons. The molecule has 0 fully saturated rings. The molecule has 0 spiro atoms. The number of carbonyl (C=O) groups is 1. The van der Waals surface area contributed by atoms with Crippen molar-refractivity contribution < 1.29 is 23.1 Å². The minimum atomic E-state index is -1.42. The molecule has 0 aliphatic heterocycles. The number of phenolic OH excluding ortho intramolecular Hbond substituents is 1. The van der Waals surface area contributed by atoms with Gasteiger partial charge in [0.2, 0.25) is 0 Å². The number of hydrogen-bond acceptors (Lipinski definition) is 2. The summed E-state index contributed by atoms with van der Waals surface area (Å²) in [5.74, 6) is -5.60. The molecule has 1 rings (SSSR count). The SMILES string of the molecule is CC(=O)Cc1c(O)c(F)cc(F)c1F. The van der Waals surface area contributed by atoms with Gasteiger partial charge in [0.25, 0.3) is 0 Å². The van der Waals surface area contributed by atoms with Gasteiger partial charge in [-0.25, -0.2) is 13.2 Å². The zero-order valence-electron chi connectivity index (χ0n) is 7.27. The molecule has 2 nitrogen and oxygen atoms in total. The van der Waals surface area contributed by atoms with E-state index in [9.17, 15) is 18.0 Å². The van der Waals surface area contributed by atoms with Gasteiger partial charge in [-0.15, -0.1) is 0 Å². The average molecular weight is 204 g/mol. The lowest BCUT2D eigenvalue weighted by Gasteiger charge is -2.05. The maximum Gasteiger partial charge on any atom is 0.168 e. The van der Waals surface area contributed by atoms with Gasteiger partial charge in [-0.3, -0.25) is 4.79 Å². The fraction of sp³-hybridized carbons (Fsp3) is 0.222. The minimum Gasteiger partial charge on any atom is -0.505 e. The molecule has 0 saturated carbocycles. The standard InChI is InChI=1S/C9H7F3O2/c1-4(13)2-5-8(12)6(10)3-7(11)9(5)14/h3,14H,2H2,1H3. The number of phenols is 1. The summed E-state index contributed by atoms with van der Waals surface area (Å²) in [6, 6.07) is 0.230. The molecule has 1 N–H and O–H groups in total. The van der Waals surface area contributed by atoms with Gasteiger partial charge in [-0.1, -0.05) is 0 Å². The molecule has 5 heteroatoms. The average Bonchev–Trinajstić information content (AvgIpc) is 2.09. The Kier molecular flexibility index (Phi) is 2.78. The highest BCUT2D eigenvalue weighted by Gasteiger charge is 2.18. The van der Waals surface area contributed by atoms with E-state index in [1.165, 1.54) is 0 Å². The molecule has 1 aromatic carbocycles. The van der Waals surface area contributed by atoms with Crippen molar-refractivity contribution in [1.29, 1.82) is 0 Å². The van der Waals surface area contributed by atoms with E-state index < -0.39 is 41.0 Å². The maximum atomic E-state index is 12.9. The van der Waals surface area contributed by atoms with E-state index >= 15 is 0 Å². The van der Waals surface area contributed by atoms with Gasteiger partial charge in [0.15, 0.2) is 23.2 Å². The summed E-state index contributed by atoms with van der Waals surface area (Å²) in [5, 5.41) is 9.02. The molecule has 0 heterocycles. The zero-order chi connectivity index (χ0) is 10.9. The molecule has 0 aliphatic carbocycles. The number of ketones is 1. The third-order valence-corrected chi connectivity index (χ3v) is 1.67. The Morgan fingerprint density at radius 3 is 2.43 bits per heavy atom. The highest BCUT2D eigenvalue weighted by molar-refractivity contribution is 5.79. The van der Waals surface area contributed by atoms with Gasteiger partial charge in [0, 0.05) is 18.1 Å². The van der Waals surface area contributed by atoms with Crippen molar-refractivity contribution in [2.75, 3.05) is 0 Å². The van der Waals surface area contributed by atoms with Crippen LogP contribution >= 0.6 is 0 Å². The first kappa shape index (κ1) is 10.6. The molecule has 0 unspecified atom stereocenters. The first-order valence-electron chi connectivity index (χ1n) is 3.78. The van der Waals surface area contributed by atoms with Gasteiger partial charge >= 0.3 is 0 Å². The fourth-order valence-corrected chi connectivity index (χ4v) is 1.05. The van der Waals surface area contributed by atoms with Crippen molar-refractivity contribution in [2.45, 2.75) is 13.3 Å².